The minimum atomic E-state index is 0.0542. The second kappa shape index (κ2) is 5.98. The molecule has 0 aromatic heterocycles. The summed E-state index contributed by atoms with van der Waals surface area (Å²) in [7, 11) is 0. The Hall–Kier alpha value is -0.610. The van der Waals surface area contributed by atoms with Gasteiger partial charge in [0.05, 0.1) is 18.8 Å². The summed E-state index contributed by atoms with van der Waals surface area (Å²) in [6.07, 6.45) is 2.91. The molecular weight excluding hydrogens is 180 g/mol. The standard InChI is InChI=1S/C10H20N2O2/c1-3-12-10(13)7-11-6-9-5-4-8(2)14-9/h8-9,11H,3-7H2,1-2H3,(H,12,13). The third-order valence-corrected chi connectivity index (χ3v) is 2.35. The molecule has 2 atom stereocenters. The van der Waals surface area contributed by atoms with Crippen molar-refractivity contribution in [1.82, 2.24) is 10.6 Å². The fourth-order valence-electron chi connectivity index (χ4n) is 1.64. The highest BCUT2D eigenvalue weighted by molar-refractivity contribution is 5.77. The molecule has 2 N–H and O–H groups in total. The molecule has 1 aliphatic heterocycles. The molecule has 1 heterocycles. The molecule has 0 saturated carbocycles. The van der Waals surface area contributed by atoms with E-state index in [2.05, 4.69) is 17.6 Å². The van der Waals surface area contributed by atoms with Crippen LogP contribution < -0.4 is 10.6 Å². The molecule has 0 radical (unpaired) electrons. The lowest BCUT2D eigenvalue weighted by Gasteiger charge is -2.11. The van der Waals surface area contributed by atoms with E-state index in [9.17, 15) is 4.79 Å². The second-order valence-electron chi connectivity index (χ2n) is 3.73. The van der Waals surface area contributed by atoms with Crippen molar-refractivity contribution in [3.63, 3.8) is 0 Å². The van der Waals surface area contributed by atoms with Gasteiger partial charge >= 0.3 is 0 Å². The Bertz CT molecular complexity index is 185. The van der Waals surface area contributed by atoms with Gasteiger partial charge in [-0.3, -0.25) is 4.79 Å². The lowest BCUT2D eigenvalue weighted by Crippen LogP contribution is -2.37. The molecular formula is C10H20N2O2. The van der Waals surface area contributed by atoms with Crippen LogP contribution in [0.3, 0.4) is 0 Å². The number of ether oxygens (including phenoxy) is 1. The average Bonchev–Trinajstić information content (AvgIpc) is 2.52. The van der Waals surface area contributed by atoms with Crippen LogP contribution in [0.1, 0.15) is 26.7 Å². The largest absolute Gasteiger partial charge is 0.374 e. The van der Waals surface area contributed by atoms with E-state index in [1.807, 2.05) is 6.92 Å². The molecule has 0 aliphatic carbocycles. The Balaban J connectivity index is 2.01. The van der Waals surface area contributed by atoms with Gasteiger partial charge in [0.25, 0.3) is 0 Å². The van der Waals surface area contributed by atoms with E-state index in [0.717, 1.165) is 19.4 Å². The molecule has 1 saturated heterocycles. The maximum Gasteiger partial charge on any atom is 0.233 e. The van der Waals surface area contributed by atoms with Crippen molar-refractivity contribution in [2.45, 2.75) is 38.9 Å². The second-order valence-corrected chi connectivity index (χ2v) is 3.73. The van der Waals surface area contributed by atoms with E-state index in [-0.39, 0.29) is 5.91 Å². The third kappa shape index (κ3) is 4.07. The molecule has 1 fully saturated rings. The van der Waals surface area contributed by atoms with E-state index in [0.29, 0.717) is 25.3 Å². The summed E-state index contributed by atoms with van der Waals surface area (Å²) in [6.45, 7) is 5.87. The molecule has 0 spiro atoms. The first-order valence-electron chi connectivity index (χ1n) is 5.35. The fourth-order valence-corrected chi connectivity index (χ4v) is 1.64. The van der Waals surface area contributed by atoms with Crippen LogP contribution >= 0.6 is 0 Å². The van der Waals surface area contributed by atoms with Crippen LogP contribution in [0.25, 0.3) is 0 Å². The summed E-state index contributed by atoms with van der Waals surface area (Å²) in [5, 5.41) is 5.83. The quantitative estimate of drug-likeness (QED) is 0.670. The summed E-state index contributed by atoms with van der Waals surface area (Å²) < 4.78 is 5.61. The smallest absolute Gasteiger partial charge is 0.233 e. The van der Waals surface area contributed by atoms with Gasteiger partial charge in [-0.2, -0.15) is 0 Å². The number of amides is 1. The highest BCUT2D eigenvalue weighted by atomic mass is 16.5. The zero-order valence-electron chi connectivity index (χ0n) is 9.01. The zero-order valence-corrected chi connectivity index (χ0v) is 9.01. The average molecular weight is 200 g/mol. The van der Waals surface area contributed by atoms with Gasteiger partial charge in [-0.1, -0.05) is 0 Å². The maximum atomic E-state index is 11.1. The molecule has 0 bridgehead atoms. The van der Waals surface area contributed by atoms with Gasteiger partial charge < -0.3 is 15.4 Å². The predicted molar refractivity (Wildman–Crippen MR) is 55.1 cm³/mol. The van der Waals surface area contributed by atoms with Crippen molar-refractivity contribution in [1.29, 1.82) is 0 Å². The molecule has 0 aromatic carbocycles. The third-order valence-electron chi connectivity index (χ3n) is 2.35. The molecule has 14 heavy (non-hydrogen) atoms. The Kier molecular flexibility index (Phi) is 4.90. The van der Waals surface area contributed by atoms with Gasteiger partial charge in [0, 0.05) is 13.1 Å². The molecule has 1 rings (SSSR count). The fraction of sp³-hybridized carbons (Fsp3) is 0.900. The topological polar surface area (TPSA) is 50.4 Å². The Morgan fingerprint density at radius 2 is 2.29 bits per heavy atom. The van der Waals surface area contributed by atoms with Gasteiger partial charge in [0.15, 0.2) is 0 Å². The van der Waals surface area contributed by atoms with Crippen molar-refractivity contribution in [2.24, 2.45) is 0 Å². The lowest BCUT2D eigenvalue weighted by molar-refractivity contribution is -0.120. The molecule has 2 unspecified atom stereocenters. The van der Waals surface area contributed by atoms with E-state index in [1.165, 1.54) is 0 Å². The Labute approximate surface area is 85.4 Å². The molecule has 4 heteroatoms. The van der Waals surface area contributed by atoms with Gasteiger partial charge in [-0.05, 0) is 26.7 Å². The predicted octanol–water partition coefficient (Wildman–Crippen LogP) is 0.280. The number of hydrogen-bond donors (Lipinski definition) is 2. The molecule has 1 amide bonds. The monoisotopic (exact) mass is 200 g/mol. The van der Waals surface area contributed by atoms with E-state index >= 15 is 0 Å². The van der Waals surface area contributed by atoms with Crippen LogP contribution in [-0.2, 0) is 9.53 Å². The highest BCUT2D eigenvalue weighted by Crippen LogP contribution is 2.17. The molecule has 82 valence electrons. The number of carbonyl (C=O) groups is 1. The van der Waals surface area contributed by atoms with Crippen molar-refractivity contribution < 1.29 is 9.53 Å². The Morgan fingerprint density at radius 1 is 1.50 bits per heavy atom. The first-order chi connectivity index (χ1) is 6.72. The molecule has 4 nitrogen and oxygen atoms in total. The van der Waals surface area contributed by atoms with Gasteiger partial charge in [0.1, 0.15) is 0 Å². The minimum absolute atomic E-state index is 0.0542. The van der Waals surface area contributed by atoms with Crippen LogP contribution in [0, 0.1) is 0 Å². The summed E-state index contributed by atoms with van der Waals surface area (Å²) in [5.41, 5.74) is 0. The van der Waals surface area contributed by atoms with Gasteiger partial charge in [0.2, 0.25) is 5.91 Å². The SMILES string of the molecule is CCNC(=O)CNCC1CCC(C)O1. The van der Waals surface area contributed by atoms with Crippen molar-refractivity contribution in [3.8, 4) is 0 Å². The number of carbonyl (C=O) groups excluding carboxylic acids is 1. The lowest BCUT2D eigenvalue weighted by atomic mass is 10.2. The molecule has 0 aromatic rings. The van der Waals surface area contributed by atoms with Gasteiger partial charge in [-0.15, -0.1) is 0 Å². The number of rotatable bonds is 5. The molecule has 1 aliphatic rings. The normalized spacial score (nSPS) is 26.4. The van der Waals surface area contributed by atoms with Crippen molar-refractivity contribution >= 4 is 5.91 Å². The van der Waals surface area contributed by atoms with E-state index in [1.54, 1.807) is 0 Å². The Morgan fingerprint density at radius 3 is 2.86 bits per heavy atom. The number of nitrogens with one attached hydrogen (secondary N) is 2. The summed E-state index contributed by atoms with van der Waals surface area (Å²) in [6, 6.07) is 0. The summed E-state index contributed by atoms with van der Waals surface area (Å²) in [5.74, 6) is 0.0542. The van der Waals surface area contributed by atoms with Crippen LogP contribution in [0.5, 0.6) is 0 Å². The van der Waals surface area contributed by atoms with Crippen LogP contribution in [-0.4, -0.2) is 37.7 Å². The zero-order chi connectivity index (χ0) is 10.4. The van der Waals surface area contributed by atoms with E-state index in [4.69, 9.17) is 4.74 Å². The maximum absolute atomic E-state index is 11.1. The number of hydrogen-bond acceptors (Lipinski definition) is 3. The summed E-state index contributed by atoms with van der Waals surface area (Å²) in [4.78, 5) is 11.1. The van der Waals surface area contributed by atoms with Crippen LogP contribution in [0.2, 0.25) is 0 Å². The van der Waals surface area contributed by atoms with Gasteiger partial charge in [-0.25, -0.2) is 0 Å². The van der Waals surface area contributed by atoms with Crippen LogP contribution in [0.4, 0.5) is 0 Å². The number of likely N-dealkylation sites (N-methyl/N-ethyl adjacent to an activating group) is 1. The summed E-state index contributed by atoms with van der Waals surface area (Å²) >= 11 is 0. The minimum Gasteiger partial charge on any atom is -0.374 e. The van der Waals surface area contributed by atoms with E-state index < -0.39 is 0 Å². The first-order valence-corrected chi connectivity index (χ1v) is 5.35. The van der Waals surface area contributed by atoms with Crippen LogP contribution in [0.15, 0.2) is 0 Å². The highest BCUT2D eigenvalue weighted by Gasteiger charge is 2.21. The van der Waals surface area contributed by atoms with Crippen molar-refractivity contribution in [3.05, 3.63) is 0 Å². The van der Waals surface area contributed by atoms with Crippen molar-refractivity contribution in [2.75, 3.05) is 19.6 Å². The first kappa shape index (κ1) is 11.5.